The van der Waals surface area contributed by atoms with Crippen molar-refractivity contribution >= 4 is 23.4 Å². The monoisotopic (exact) mass is 454 g/mol. The fourth-order valence-electron chi connectivity index (χ4n) is 2.88. The second-order valence-corrected chi connectivity index (χ2v) is 7.51. The Hall–Kier alpha value is -3.79. The number of hydrogen-bond donors (Lipinski definition) is 2. The van der Waals surface area contributed by atoms with Crippen LogP contribution in [0.4, 0.5) is 0 Å². The van der Waals surface area contributed by atoms with Gasteiger partial charge < -0.3 is 20.1 Å². The lowest BCUT2D eigenvalue weighted by molar-refractivity contribution is -0.124. The Bertz CT molecular complexity index is 1120. The number of aromatic nitrogens is 4. The first-order valence-electron chi connectivity index (χ1n) is 9.69. The normalized spacial score (nSPS) is 13.7. The van der Waals surface area contributed by atoms with Crippen LogP contribution in [0.5, 0.6) is 17.4 Å². The maximum absolute atomic E-state index is 12.6. The lowest BCUT2D eigenvalue weighted by atomic mass is 10.2. The van der Waals surface area contributed by atoms with E-state index in [1.807, 2.05) is 0 Å². The van der Waals surface area contributed by atoms with E-state index in [2.05, 4.69) is 30.8 Å². The zero-order valence-electron chi connectivity index (χ0n) is 17.0. The number of amides is 2. The van der Waals surface area contributed by atoms with Gasteiger partial charge in [-0.15, -0.1) is 10.2 Å². The van der Waals surface area contributed by atoms with Gasteiger partial charge in [0.1, 0.15) is 23.4 Å². The molecule has 1 aliphatic carbocycles. The molecule has 0 spiro atoms. The summed E-state index contributed by atoms with van der Waals surface area (Å²) in [6, 6.07) is 8.32. The SMILES string of the molecule is COc1ccc(Oc2ccc(CNC(=O)C3(NC(=O)c4cncnc4)CC3)nn2)c(Cl)c1. The fourth-order valence-corrected chi connectivity index (χ4v) is 3.09. The van der Waals surface area contributed by atoms with Crippen LogP contribution in [0, 0.1) is 0 Å². The molecule has 3 aromatic rings. The van der Waals surface area contributed by atoms with Gasteiger partial charge in [0, 0.05) is 24.5 Å². The highest BCUT2D eigenvalue weighted by Gasteiger charge is 2.51. The lowest BCUT2D eigenvalue weighted by Gasteiger charge is -2.17. The van der Waals surface area contributed by atoms with E-state index in [0.29, 0.717) is 40.6 Å². The van der Waals surface area contributed by atoms with E-state index in [-0.39, 0.29) is 18.3 Å². The number of nitrogens with zero attached hydrogens (tertiary/aromatic N) is 4. The van der Waals surface area contributed by atoms with Crippen molar-refractivity contribution in [2.24, 2.45) is 0 Å². The highest BCUT2D eigenvalue weighted by Crippen LogP contribution is 2.36. The van der Waals surface area contributed by atoms with Crippen molar-refractivity contribution in [3.8, 4) is 17.4 Å². The van der Waals surface area contributed by atoms with Gasteiger partial charge in [0.2, 0.25) is 11.8 Å². The van der Waals surface area contributed by atoms with Gasteiger partial charge in [-0.25, -0.2) is 9.97 Å². The minimum atomic E-state index is -0.922. The topological polar surface area (TPSA) is 128 Å². The minimum absolute atomic E-state index is 0.154. The molecule has 1 aliphatic rings. The summed E-state index contributed by atoms with van der Waals surface area (Å²) in [6.45, 7) is 0.154. The van der Waals surface area contributed by atoms with Gasteiger partial charge >= 0.3 is 0 Å². The number of carbonyl (C=O) groups is 2. The smallest absolute Gasteiger partial charge is 0.255 e. The highest BCUT2D eigenvalue weighted by molar-refractivity contribution is 6.32. The molecule has 32 heavy (non-hydrogen) atoms. The number of rotatable bonds is 8. The molecule has 1 fully saturated rings. The Kier molecular flexibility index (Phi) is 6.13. The standard InChI is InChI=1S/C21H19ClN6O4/c1-31-15-3-4-17(16(22)8-15)32-18-5-2-14(27-28-18)11-25-20(30)21(6-7-21)26-19(29)13-9-23-12-24-10-13/h2-5,8-10,12H,6-7,11H2,1H3,(H,25,30)(H,26,29). The first-order chi connectivity index (χ1) is 15.5. The first-order valence-corrected chi connectivity index (χ1v) is 10.1. The van der Waals surface area contributed by atoms with Gasteiger partial charge in [-0.1, -0.05) is 11.6 Å². The third-order valence-corrected chi connectivity index (χ3v) is 5.13. The number of nitrogens with one attached hydrogen (secondary N) is 2. The van der Waals surface area contributed by atoms with Gasteiger partial charge in [0.15, 0.2) is 0 Å². The van der Waals surface area contributed by atoms with E-state index >= 15 is 0 Å². The Morgan fingerprint density at radius 2 is 1.91 bits per heavy atom. The van der Waals surface area contributed by atoms with E-state index in [0.717, 1.165) is 0 Å². The third kappa shape index (κ3) is 4.92. The van der Waals surface area contributed by atoms with E-state index in [4.69, 9.17) is 21.1 Å². The van der Waals surface area contributed by atoms with Crippen LogP contribution in [0.1, 0.15) is 28.9 Å². The molecule has 1 aromatic carbocycles. The van der Waals surface area contributed by atoms with Crippen LogP contribution >= 0.6 is 11.6 Å². The van der Waals surface area contributed by atoms with Crippen LogP contribution in [0.3, 0.4) is 0 Å². The molecule has 4 rings (SSSR count). The van der Waals surface area contributed by atoms with Crippen molar-refractivity contribution in [1.29, 1.82) is 0 Å². The molecule has 0 saturated heterocycles. The van der Waals surface area contributed by atoms with Crippen LogP contribution in [-0.4, -0.2) is 44.6 Å². The molecule has 10 nitrogen and oxygen atoms in total. The van der Waals surface area contributed by atoms with Crippen LogP contribution < -0.4 is 20.1 Å². The van der Waals surface area contributed by atoms with Gasteiger partial charge in [0.05, 0.1) is 29.9 Å². The Morgan fingerprint density at radius 1 is 1.12 bits per heavy atom. The molecule has 0 atom stereocenters. The summed E-state index contributed by atoms with van der Waals surface area (Å²) in [5.41, 5.74) is -0.0933. The number of benzene rings is 1. The second kappa shape index (κ2) is 9.15. The number of ether oxygens (including phenoxy) is 2. The van der Waals surface area contributed by atoms with E-state index in [1.54, 1.807) is 37.4 Å². The van der Waals surface area contributed by atoms with Gasteiger partial charge in [-0.2, -0.15) is 0 Å². The quantitative estimate of drug-likeness (QED) is 0.530. The summed E-state index contributed by atoms with van der Waals surface area (Å²) < 4.78 is 10.7. The minimum Gasteiger partial charge on any atom is -0.497 e. The molecule has 0 radical (unpaired) electrons. The van der Waals surface area contributed by atoms with Crippen molar-refractivity contribution in [3.63, 3.8) is 0 Å². The maximum atomic E-state index is 12.6. The number of halogens is 1. The third-order valence-electron chi connectivity index (χ3n) is 4.84. The maximum Gasteiger partial charge on any atom is 0.255 e. The highest BCUT2D eigenvalue weighted by atomic mass is 35.5. The number of carbonyl (C=O) groups excluding carboxylic acids is 2. The number of hydrogen-bond acceptors (Lipinski definition) is 8. The van der Waals surface area contributed by atoms with Crippen molar-refractivity contribution in [2.75, 3.05) is 7.11 Å². The van der Waals surface area contributed by atoms with Crippen LogP contribution in [-0.2, 0) is 11.3 Å². The molecule has 2 N–H and O–H groups in total. The predicted molar refractivity (Wildman–Crippen MR) is 113 cm³/mol. The second-order valence-electron chi connectivity index (χ2n) is 7.11. The van der Waals surface area contributed by atoms with E-state index < -0.39 is 11.4 Å². The van der Waals surface area contributed by atoms with E-state index in [1.165, 1.54) is 18.7 Å². The van der Waals surface area contributed by atoms with Gasteiger partial charge in [0.25, 0.3) is 5.91 Å². The summed E-state index contributed by atoms with van der Waals surface area (Å²) >= 11 is 6.16. The molecular weight excluding hydrogens is 436 g/mol. The first kappa shape index (κ1) is 21.4. The summed E-state index contributed by atoms with van der Waals surface area (Å²) in [4.78, 5) is 32.5. The molecule has 2 aromatic heterocycles. The van der Waals surface area contributed by atoms with Crippen molar-refractivity contribution in [2.45, 2.75) is 24.9 Å². The molecule has 2 heterocycles. The fraction of sp³-hybridized carbons (Fsp3) is 0.238. The van der Waals surface area contributed by atoms with Crippen molar-refractivity contribution < 1.29 is 19.1 Å². The average molecular weight is 455 g/mol. The van der Waals surface area contributed by atoms with Gasteiger partial charge in [-0.3, -0.25) is 9.59 Å². The molecule has 0 bridgehead atoms. The summed E-state index contributed by atoms with van der Waals surface area (Å²) in [6.07, 6.45) is 5.24. The molecule has 164 valence electrons. The lowest BCUT2D eigenvalue weighted by Crippen LogP contribution is -2.48. The zero-order valence-corrected chi connectivity index (χ0v) is 17.8. The largest absolute Gasteiger partial charge is 0.497 e. The Balaban J connectivity index is 1.31. The predicted octanol–water partition coefficient (Wildman–Crippen LogP) is 2.30. The average Bonchev–Trinajstić information content (AvgIpc) is 3.61. The Labute approximate surface area is 188 Å². The van der Waals surface area contributed by atoms with Crippen LogP contribution in [0.15, 0.2) is 49.1 Å². The Morgan fingerprint density at radius 3 is 2.53 bits per heavy atom. The zero-order chi connectivity index (χ0) is 22.6. The molecular formula is C21H19ClN6O4. The van der Waals surface area contributed by atoms with Crippen LogP contribution in [0.2, 0.25) is 5.02 Å². The molecule has 0 unspecified atom stereocenters. The van der Waals surface area contributed by atoms with Crippen LogP contribution in [0.25, 0.3) is 0 Å². The molecule has 11 heteroatoms. The summed E-state index contributed by atoms with van der Waals surface area (Å²) in [5, 5.41) is 14.0. The molecule has 2 amide bonds. The van der Waals surface area contributed by atoms with Crippen molar-refractivity contribution in [1.82, 2.24) is 30.8 Å². The summed E-state index contributed by atoms with van der Waals surface area (Å²) in [5.74, 6) is 0.606. The summed E-state index contributed by atoms with van der Waals surface area (Å²) in [7, 11) is 1.55. The van der Waals surface area contributed by atoms with E-state index in [9.17, 15) is 9.59 Å². The molecule has 0 aliphatic heterocycles. The van der Waals surface area contributed by atoms with Gasteiger partial charge in [-0.05, 0) is 31.0 Å². The number of methoxy groups -OCH3 is 1. The van der Waals surface area contributed by atoms with Crippen molar-refractivity contribution in [3.05, 3.63) is 65.3 Å². The molecule has 1 saturated carbocycles.